The van der Waals surface area contributed by atoms with Gasteiger partial charge in [-0.2, -0.15) is 0 Å². The summed E-state index contributed by atoms with van der Waals surface area (Å²) in [5, 5.41) is 3.58. The molecular weight excluding hydrogens is 222 g/mol. The zero-order valence-electron chi connectivity index (χ0n) is 12.0. The molecule has 0 aromatic heterocycles. The number of hydrogen-bond acceptors (Lipinski definition) is 3. The second kappa shape index (κ2) is 5.48. The fourth-order valence-electron chi connectivity index (χ4n) is 4.15. The normalized spacial score (nSPS) is 39.5. The van der Waals surface area contributed by atoms with Crippen LogP contribution in [0.5, 0.6) is 0 Å². The van der Waals surface area contributed by atoms with Crippen molar-refractivity contribution in [2.24, 2.45) is 5.41 Å². The van der Waals surface area contributed by atoms with E-state index in [4.69, 9.17) is 0 Å². The van der Waals surface area contributed by atoms with E-state index in [0.29, 0.717) is 5.41 Å². The SMILES string of the molecule is CC1(CN2CCC(N3CCCC3)C2)CCCNC1. The molecule has 3 rings (SSSR count). The van der Waals surface area contributed by atoms with Crippen LogP contribution < -0.4 is 5.32 Å². The molecule has 3 aliphatic rings. The third kappa shape index (κ3) is 2.89. The van der Waals surface area contributed by atoms with Crippen LogP contribution in [0.1, 0.15) is 39.0 Å². The summed E-state index contributed by atoms with van der Waals surface area (Å²) in [7, 11) is 0. The zero-order valence-corrected chi connectivity index (χ0v) is 12.0. The predicted octanol–water partition coefficient (Wildman–Crippen LogP) is 1.55. The molecule has 0 amide bonds. The van der Waals surface area contributed by atoms with E-state index in [9.17, 15) is 0 Å². The lowest BCUT2D eigenvalue weighted by Crippen LogP contribution is -2.46. The van der Waals surface area contributed by atoms with Gasteiger partial charge in [-0.05, 0) is 63.7 Å². The highest BCUT2D eigenvalue weighted by Crippen LogP contribution is 2.29. The summed E-state index contributed by atoms with van der Waals surface area (Å²) in [6.45, 7) is 11.6. The molecule has 18 heavy (non-hydrogen) atoms. The molecule has 0 radical (unpaired) electrons. The Hall–Kier alpha value is -0.120. The van der Waals surface area contributed by atoms with Crippen molar-refractivity contribution in [3.63, 3.8) is 0 Å². The number of rotatable bonds is 3. The Labute approximate surface area is 112 Å². The fraction of sp³-hybridized carbons (Fsp3) is 1.00. The Bertz CT molecular complexity index is 267. The summed E-state index contributed by atoms with van der Waals surface area (Å²) in [4.78, 5) is 5.47. The van der Waals surface area contributed by atoms with E-state index in [1.807, 2.05) is 0 Å². The molecule has 2 atom stereocenters. The molecule has 0 aromatic rings. The lowest BCUT2D eigenvalue weighted by atomic mass is 9.82. The van der Waals surface area contributed by atoms with E-state index < -0.39 is 0 Å². The largest absolute Gasteiger partial charge is 0.316 e. The van der Waals surface area contributed by atoms with Crippen LogP contribution in [-0.2, 0) is 0 Å². The molecule has 3 aliphatic heterocycles. The summed E-state index contributed by atoms with van der Waals surface area (Å²) in [5.41, 5.74) is 0.526. The Morgan fingerprint density at radius 1 is 1.17 bits per heavy atom. The topological polar surface area (TPSA) is 18.5 Å². The van der Waals surface area contributed by atoms with Gasteiger partial charge in [0.2, 0.25) is 0 Å². The number of hydrogen-bond donors (Lipinski definition) is 1. The number of nitrogens with one attached hydrogen (secondary N) is 1. The zero-order chi connectivity index (χ0) is 12.4. The lowest BCUT2D eigenvalue weighted by molar-refractivity contribution is 0.142. The summed E-state index contributed by atoms with van der Waals surface area (Å²) >= 11 is 0. The number of nitrogens with zero attached hydrogens (tertiary/aromatic N) is 2. The summed E-state index contributed by atoms with van der Waals surface area (Å²) in [5.74, 6) is 0. The van der Waals surface area contributed by atoms with Crippen molar-refractivity contribution in [3.8, 4) is 0 Å². The van der Waals surface area contributed by atoms with Crippen molar-refractivity contribution in [1.29, 1.82) is 0 Å². The maximum absolute atomic E-state index is 3.58. The second-order valence-corrected chi connectivity index (χ2v) is 7.01. The van der Waals surface area contributed by atoms with Gasteiger partial charge in [0, 0.05) is 25.7 Å². The first kappa shape index (κ1) is 12.9. The first-order valence-corrected chi connectivity index (χ1v) is 7.92. The minimum Gasteiger partial charge on any atom is -0.316 e. The predicted molar refractivity (Wildman–Crippen MR) is 75.9 cm³/mol. The third-order valence-electron chi connectivity index (χ3n) is 5.20. The molecular formula is C15H29N3. The van der Waals surface area contributed by atoms with Crippen molar-refractivity contribution < 1.29 is 0 Å². The van der Waals surface area contributed by atoms with E-state index in [1.165, 1.54) is 77.9 Å². The highest BCUT2D eigenvalue weighted by molar-refractivity contribution is 4.90. The fourth-order valence-corrected chi connectivity index (χ4v) is 4.15. The Kier molecular flexibility index (Phi) is 3.92. The molecule has 3 heteroatoms. The standard InChI is InChI=1S/C15H29N3/c1-15(6-4-7-16-12-15)13-17-10-5-14(11-17)18-8-2-3-9-18/h14,16H,2-13H2,1H3. The molecule has 0 aromatic carbocycles. The molecule has 0 bridgehead atoms. The quantitative estimate of drug-likeness (QED) is 0.821. The average molecular weight is 251 g/mol. The van der Waals surface area contributed by atoms with Gasteiger partial charge in [0.25, 0.3) is 0 Å². The Morgan fingerprint density at radius 2 is 2.00 bits per heavy atom. The van der Waals surface area contributed by atoms with Crippen LogP contribution in [0.2, 0.25) is 0 Å². The van der Waals surface area contributed by atoms with Gasteiger partial charge in [-0.25, -0.2) is 0 Å². The highest BCUT2D eigenvalue weighted by Gasteiger charge is 2.34. The van der Waals surface area contributed by atoms with Crippen LogP contribution in [0.25, 0.3) is 0 Å². The summed E-state index contributed by atoms with van der Waals surface area (Å²) in [6, 6.07) is 0.868. The van der Waals surface area contributed by atoms with Crippen LogP contribution in [-0.4, -0.2) is 61.7 Å². The average Bonchev–Trinajstić information content (AvgIpc) is 2.99. The van der Waals surface area contributed by atoms with Gasteiger partial charge in [-0.15, -0.1) is 0 Å². The van der Waals surface area contributed by atoms with E-state index in [2.05, 4.69) is 22.0 Å². The van der Waals surface area contributed by atoms with Crippen molar-refractivity contribution in [2.45, 2.75) is 45.1 Å². The van der Waals surface area contributed by atoms with Gasteiger partial charge in [0.15, 0.2) is 0 Å². The molecule has 2 unspecified atom stereocenters. The van der Waals surface area contributed by atoms with Crippen LogP contribution in [0.15, 0.2) is 0 Å². The summed E-state index contributed by atoms with van der Waals surface area (Å²) in [6.07, 6.45) is 7.03. The molecule has 104 valence electrons. The number of likely N-dealkylation sites (tertiary alicyclic amines) is 2. The van der Waals surface area contributed by atoms with Gasteiger partial charge in [-0.1, -0.05) is 6.92 Å². The second-order valence-electron chi connectivity index (χ2n) is 7.01. The maximum Gasteiger partial charge on any atom is 0.0235 e. The van der Waals surface area contributed by atoms with E-state index in [1.54, 1.807) is 0 Å². The van der Waals surface area contributed by atoms with Crippen molar-refractivity contribution >= 4 is 0 Å². The van der Waals surface area contributed by atoms with Crippen molar-refractivity contribution in [2.75, 3.05) is 45.8 Å². The van der Waals surface area contributed by atoms with Gasteiger partial charge >= 0.3 is 0 Å². The molecule has 3 fully saturated rings. The maximum atomic E-state index is 3.58. The third-order valence-corrected chi connectivity index (χ3v) is 5.20. The van der Waals surface area contributed by atoms with Crippen LogP contribution in [0.3, 0.4) is 0 Å². The molecule has 1 N–H and O–H groups in total. The molecule has 0 spiro atoms. The van der Waals surface area contributed by atoms with Gasteiger partial charge in [0.1, 0.15) is 0 Å². The minimum absolute atomic E-state index is 0.526. The van der Waals surface area contributed by atoms with Crippen molar-refractivity contribution in [1.82, 2.24) is 15.1 Å². The summed E-state index contributed by atoms with van der Waals surface area (Å²) < 4.78 is 0. The first-order chi connectivity index (χ1) is 8.75. The van der Waals surface area contributed by atoms with Crippen LogP contribution in [0, 0.1) is 5.41 Å². The first-order valence-electron chi connectivity index (χ1n) is 7.92. The molecule has 0 saturated carbocycles. The Balaban J connectivity index is 1.49. The highest BCUT2D eigenvalue weighted by atomic mass is 15.3. The Morgan fingerprint density at radius 3 is 2.72 bits per heavy atom. The minimum atomic E-state index is 0.526. The van der Waals surface area contributed by atoms with Gasteiger partial charge in [0.05, 0.1) is 0 Å². The van der Waals surface area contributed by atoms with E-state index in [-0.39, 0.29) is 0 Å². The monoisotopic (exact) mass is 251 g/mol. The van der Waals surface area contributed by atoms with Crippen LogP contribution in [0.4, 0.5) is 0 Å². The van der Waals surface area contributed by atoms with E-state index >= 15 is 0 Å². The molecule has 3 saturated heterocycles. The molecule has 0 aliphatic carbocycles. The van der Waals surface area contributed by atoms with Gasteiger partial charge in [-0.3, -0.25) is 4.90 Å². The van der Waals surface area contributed by atoms with Crippen molar-refractivity contribution in [3.05, 3.63) is 0 Å². The smallest absolute Gasteiger partial charge is 0.0235 e. The van der Waals surface area contributed by atoms with Crippen LogP contribution >= 0.6 is 0 Å². The van der Waals surface area contributed by atoms with E-state index in [0.717, 1.165) is 6.04 Å². The molecule has 3 heterocycles. The van der Waals surface area contributed by atoms with Gasteiger partial charge < -0.3 is 10.2 Å². The number of piperidine rings is 1. The lowest BCUT2D eigenvalue weighted by Gasteiger charge is -2.37. The molecule has 3 nitrogen and oxygen atoms in total.